The zero-order valence-electron chi connectivity index (χ0n) is 12.7. The maximum Gasteiger partial charge on any atom is 0.129 e. The van der Waals surface area contributed by atoms with Crippen LogP contribution in [0.1, 0.15) is 44.9 Å². The summed E-state index contributed by atoms with van der Waals surface area (Å²) in [5.41, 5.74) is 1.86. The van der Waals surface area contributed by atoms with Crippen LogP contribution >= 0.6 is 0 Å². The summed E-state index contributed by atoms with van der Waals surface area (Å²) in [5, 5.41) is 9.47. The number of rotatable bonds is 5. The Kier molecular flexibility index (Phi) is 4.35. The van der Waals surface area contributed by atoms with E-state index in [1.807, 2.05) is 12.1 Å². The molecule has 3 heteroatoms. The fourth-order valence-corrected chi connectivity index (χ4v) is 2.17. The average molecular weight is 272 g/mol. The van der Waals surface area contributed by atoms with Crippen LogP contribution in [0.15, 0.2) is 12.1 Å². The topological polar surface area (TPSA) is 36.4 Å². The van der Waals surface area contributed by atoms with Crippen molar-refractivity contribution in [1.82, 2.24) is 4.98 Å². The molecule has 1 aromatic rings. The number of aliphatic hydroxyl groups excluding tert-OH is 1. The predicted octanol–water partition coefficient (Wildman–Crippen LogP) is 2.72. The molecule has 0 spiro atoms. The third-order valence-corrected chi connectivity index (χ3v) is 3.60. The number of aliphatic hydroxyl groups is 1. The summed E-state index contributed by atoms with van der Waals surface area (Å²) >= 11 is 0. The molecular weight excluding hydrogens is 248 g/mol. The lowest BCUT2D eigenvalue weighted by molar-refractivity contribution is 0.281. The number of terminal acetylenes is 1. The number of aromatic nitrogens is 1. The van der Waals surface area contributed by atoms with Gasteiger partial charge >= 0.3 is 0 Å². The standard InChI is InChI=1S/C17H24N2O/c1-5-8-19(11-13-6-7-13)16-10-14(12-20)9-15(18-16)17(2,3)4/h1,9-10,13,20H,6-8,11-12H2,2-4H3. The van der Waals surface area contributed by atoms with Gasteiger partial charge in [0, 0.05) is 17.7 Å². The lowest BCUT2D eigenvalue weighted by Gasteiger charge is -2.25. The van der Waals surface area contributed by atoms with E-state index in [4.69, 9.17) is 11.4 Å². The van der Waals surface area contributed by atoms with Crippen molar-refractivity contribution in [3.05, 3.63) is 23.4 Å². The Labute approximate surface area is 122 Å². The van der Waals surface area contributed by atoms with Crippen LogP contribution in [0.25, 0.3) is 0 Å². The number of hydrogen-bond acceptors (Lipinski definition) is 3. The molecule has 1 N–H and O–H groups in total. The van der Waals surface area contributed by atoms with Crippen molar-refractivity contribution < 1.29 is 5.11 Å². The van der Waals surface area contributed by atoms with Crippen LogP contribution in [0.3, 0.4) is 0 Å². The minimum Gasteiger partial charge on any atom is -0.392 e. The second kappa shape index (κ2) is 5.85. The molecule has 0 unspecified atom stereocenters. The SMILES string of the molecule is C#CCN(CC1CC1)c1cc(CO)cc(C(C)(C)C)n1. The van der Waals surface area contributed by atoms with E-state index in [0.717, 1.165) is 29.5 Å². The Balaban J connectivity index is 2.34. The molecule has 0 aromatic carbocycles. The monoisotopic (exact) mass is 272 g/mol. The van der Waals surface area contributed by atoms with E-state index in [0.29, 0.717) is 6.54 Å². The Morgan fingerprint density at radius 2 is 2.10 bits per heavy atom. The molecule has 1 heterocycles. The summed E-state index contributed by atoms with van der Waals surface area (Å²) in [6.45, 7) is 7.97. The highest BCUT2D eigenvalue weighted by Crippen LogP contribution is 2.32. The van der Waals surface area contributed by atoms with Gasteiger partial charge in [0.25, 0.3) is 0 Å². The molecule has 0 bridgehead atoms. The van der Waals surface area contributed by atoms with Crippen molar-refractivity contribution >= 4 is 5.82 Å². The smallest absolute Gasteiger partial charge is 0.129 e. The highest BCUT2D eigenvalue weighted by molar-refractivity contribution is 5.45. The van der Waals surface area contributed by atoms with Gasteiger partial charge in [-0.05, 0) is 36.5 Å². The first kappa shape index (κ1) is 14.9. The predicted molar refractivity (Wildman–Crippen MR) is 82.6 cm³/mol. The molecule has 1 aliphatic carbocycles. The lowest BCUT2D eigenvalue weighted by Crippen LogP contribution is -2.28. The molecule has 1 aliphatic rings. The number of hydrogen-bond donors (Lipinski definition) is 1. The van der Waals surface area contributed by atoms with Crippen LogP contribution in [-0.4, -0.2) is 23.2 Å². The van der Waals surface area contributed by atoms with E-state index in [2.05, 4.69) is 31.6 Å². The molecule has 0 amide bonds. The minimum absolute atomic E-state index is 0.0337. The second-order valence-electron chi connectivity index (χ2n) is 6.65. The Bertz CT molecular complexity index is 507. The summed E-state index contributed by atoms with van der Waals surface area (Å²) in [6.07, 6.45) is 8.06. The molecule has 1 saturated carbocycles. The Morgan fingerprint density at radius 3 is 2.60 bits per heavy atom. The molecule has 0 atom stereocenters. The highest BCUT2D eigenvalue weighted by Gasteiger charge is 2.26. The largest absolute Gasteiger partial charge is 0.392 e. The molecule has 1 fully saturated rings. The van der Waals surface area contributed by atoms with E-state index >= 15 is 0 Å². The zero-order valence-corrected chi connectivity index (χ0v) is 12.7. The molecule has 2 rings (SSSR count). The Hall–Kier alpha value is -1.53. The fraction of sp³-hybridized carbons (Fsp3) is 0.588. The molecule has 108 valence electrons. The summed E-state index contributed by atoms with van der Waals surface area (Å²) in [5.74, 6) is 4.36. The summed E-state index contributed by atoms with van der Waals surface area (Å²) in [6, 6.07) is 3.93. The first-order chi connectivity index (χ1) is 9.44. The van der Waals surface area contributed by atoms with Gasteiger partial charge in [-0.3, -0.25) is 0 Å². The minimum atomic E-state index is -0.0404. The normalized spacial score (nSPS) is 14.9. The molecule has 20 heavy (non-hydrogen) atoms. The maximum absolute atomic E-state index is 9.47. The third-order valence-electron chi connectivity index (χ3n) is 3.60. The van der Waals surface area contributed by atoms with Gasteiger partial charge in [0.2, 0.25) is 0 Å². The van der Waals surface area contributed by atoms with Gasteiger partial charge in [-0.2, -0.15) is 0 Å². The quantitative estimate of drug-likeness (QED) is 0.837. The molecule has 1 aromatic heterocycles. The third kappa shape index (κ3) is 3.74. The highest BCUT2D eigenvalue weighted by atomic mass is 16.3. The fourth-order valence-electron chi connectivity index (χ4n) is 2.17. The molecular formula is C17H24N2O. The van der Waals surface area contributed by atoms with Gasteiger partial charge in [-0.1, -0.05) is 26.7 Å². The van der Waals surface area contributed by atoms with Gasteiger partial charge in [-0.15, -0.1) is 6.42 Å². The van der Waals surface area contributed by atoms with Gasteiger partial charge in [0.05, 0.1) is 13.2 Å². The van der Waals surface area contributed by atoms with E-state index < -0.39 is 0 Å². The van der Waals surface area contributed by atoms with Gasteiger partial charge in [0.1, 0.15) is 5.82 Å². The van der Waals surface area contributed by atoms with E-state index in [1.54, 1.807) is 0 Å². The van der Waals surface area contributed by atoms with Crippen LogP contribution < -0.4 is 4.90 Å². The van der Waals surface area contributed by atoms with Crippen molar-refractivity contribution in [2.45, 2.75) is 45.6 Å². The average Bonchev–Trinajstić information content (AvgIpc) is 3.20. The number of nitrogens with zero attached hydrogens (tertiary/aromatic N) is 2. The second-order valence-corrected chi connectivity index (χ2v) is 6.65. The number of pyridine rings is 1. The van der Waals surface area contributed by atoms with Gasteiger partial charge in [-0.25, -0.2) is 4.98 Å². The molecule has 3 nitrogen and oxygen atoms in total. The zero-order chi connectivity index (χ0) is 14.8. The first-order valence-corrected chi connectivity index (χ1v) is 7.24. The lowest BCUT2D eigenvalue weighted by atomic mass is 9.91. The van der Waals surface area contributed by atoms with Crippen molar-refractivity contribution in [2.24, 2.45) is 5.92 Å². The first-order valence-electron chi connectivity index (χ1n) is 7.24. The van der Waals surface area contributed by atoms with Crippen LogP contribution in [0.2, 0.25) is 0 Å². The van der Waals surface area contributed by atoms with Crippen molar-refractivity contribution in [1.29, 1.82) is 0 Å². The van der Waals surface area contributed by atoms with E-state index in [9.17, 15) is 5.11 Å². The van der Waals surface area contributed by atoms with E-state index in [-0.39, 0.29) is 12.0 Å². The van der Waals surface area contributed by atoms with E-state index in [1.165, 1.54) is 12.8 Å². The molecule has 0 aliphatic heterocycles. The van der Waals surface area contributed by atoms with Crippen molar-refractivity contribution in [2.75, 3.05) is 18.0 Å². The van der Waals surface area contributed by atoms with Crippen LogP contribution in [0.5, 0.6) is 0 Å². The van der Waals surface area contributed by atoms with Crippen LogP contribution in [0, 0.1) is 18.3 Å². The van der Waals surface area contributed by atoms with Crippen LogP contribution in [0.4, 0.5) is 5.82 Å². The summed E-state index contributed by atoms with van der Waals surface area (Å²) < 4.78 is 0. The van der Waals surface area contributed by atoms with Gasteiger partial charge < -0.3 is 10.0 Å². The Morgan fingerprint density at radius 1 is 1.40 bits per heavy atom. The molecule has 0 radical (unpaired) electrons. The summed E-state index contributed by atoms with van der Waals surface area (Å²) in [4.78, 5) is 6.93. The molecule has 0 saturated heterocycles. The number of anilines is 1. The summed E-state index contributed by atoms with van der Waals surface area (Å²) in [7, 11) is 0. The van der Waals surface area contributed by atoms with Gasteiger partial charge in [0.15, 0.2) is 0 Å². The van der Waals surface area contributed by atoms with Crippen molar-refractivity contribution in [3.63, 3.8) is 0 Å². The van der Waals surface area contributed by atoms with Crippen LogP contribution in [-0.2, 0) is 12.0 Å². The maximum atomic E-state index is 9.47. The van der Waals surface area contributed by atoms with Crippen molar-refractivity contribution in [3.8, 4) is 12.3 Å².